The van der Waals surface area contributed by atoms with Gasteiger partial charge in [0.2, 0.25) is 0 Å². The molecule has 3 rings (SSSR count). The third kappa shape index (κ3) is 6.32. The summed E-state index contributed by atoms with van der Waals surface area (Å²) >= 11 is 0. The van der Waals surface area contributed by atoms with Crippen LogP contribution >= 0.6 is 0 Å². The number of benzene rings is 2. The van der Waals surface area contributed by atoms with Gasteiger partial charge >= 0.3 is 0 Å². The van der Waals surface area contributed by atoms with E-state index in [4.69, 9.17) is 28.4 Å². The van der Waals surface area contributed by atoms with Crippen LogP contribution in [0.3, 0.4) is 0 Å². The van der Waals surface area contributed by atoms with Gasteiger partial charge in [-0.25, -0.2) is 0 Å². The third-order valence-corrected chi connectivity index (χ3v) is 4.14. The molecule has 0 fully saturated rings. The first-order valence-corrected chi connectivity index (χ1v) is 9.60. The largest absolute Gasteiger partial charge is 0.487 e. The number of rotatable bonds is 0. The highest BCUT2D eigenvalue weighted by Crippen LogP contribution is 2.29. The standard InChI is InChI=1S/C22H28O6/c1-17-3-5-19-21(15-17)27-13-9-23-8-12-26-20-6-4-18(2)16-22(20)28-14-10-24-7-11-25-19/h3-6,15-16H,7-14H2,1-2H3. The Kier molecular flexibility index (Phi) is 7.82. The van der Waals surface area contributed by atoms with E-state index in [9.17, 15) is 0 Å². The molecule has 1 heterocycles. The molecule has 0 bridgehead atoms. The SMILES string of the molecule is Cc1ccc2c(c1)OCCOCCOc1ccc(C)cc1OCCOCCO2. The second kappa shape index (κ2) is 10.8. The lowest BCUT2D eigenvalue weighted by molar-refractivity contribution is 0.0640. The number of fused-ring (bicyclic) bond motifs is 2. The van der Waals surface area contributed by atoms with Crippen molar-refractivity contribution in [3.63, 3.8) is 0 Å². The zero-order valence-corrected chi connectivity index (χ0v) is 16.6. The average molecular weight is 388 g/mol. The van der Waals surface area contributed by atoms with Crippen LogP contribution in [-0.2, 0) is 9.47 Å². The Morgan fingerprint density at radius 3 is 1.21 bits per heavy atom. The maximum Gasteiger partial charge on any atom is 0.161 e. The van der Waals surface area contributed by atoms with E-state index < -0.39 is 0 Å². The molecule has 2 aromatic rings. The lowest BCUT2D eigenvalue weighted by Gasteiger charge is -2.16. The Morgan fingerprint density at radius 1 is 0.464 bits per heavy atom. The molecule has 0 atom stereocenters. The highest BCUT2D eigenvalue weighted by molar-refractivity contribution is 5.43. The van der Waals surface area contributed by atoms with Crippen molar-refractivity contribution in [1.29, 1.82) is 0 Å². The van der Waals surface area contributed by atoms with Crippen LogP contribution in [0.1, 0.15) is 11.1 Å². The van der Waals surface area contributed by atoms with Crippen LogP contribution in [-0.4, -0.2) is 52.9 Å². The highest BCUT2D eigenvalue weighted by atomic mass is 16.6. The summed E-state index contributed by atoms with van der Waals surface area (Å²) in [6, 6.07) is 11.8. The van der Waals surface area contributed by atoms with Gasteiger partial charge in [0.25, 0.3) is 0 Å². The van der Waals surface area contributed by atoms with Crippen molar-refractivity contribution in [3.05, 3.63) is 47.5 Å². The van der Waals surface area contributed by atoms with E-state index in [1.807, 2.05) is 50.2 Å². The lowest BCUT2D eigenvalue weighted by atomic mass is 10.2. The minimum absolute atomic E-state index is 0.439. The molecule has 28 heavy (non-hydrogen) atoms. The summed E-state index contributed by atoms with van der Waals surface area (Å²) < 4.78 is 34.5. The van der Waals surface area contributed by atoms with Crippen LogP contribution in [0, 0.1) is 13.8 Å². The van der Waals surface area contributed by atoms with Crippen LogP contribution in [0.5, 0.6) is 23.0 Å². The van der Waals surface area contributed by atoms with Gasteiger partial charge < -0.3 is 28.4 Å². The zero-order valence-electron chi connectivity index (χ0n) is 16.6. The van der Waals surface area contributed by atoms with E-state index in [0.717, 1.165) is 11.1 Å². The van der Waals surface area contributed by atoms with Crippen molar-refractivity contribution in [2.45, 2.75) is 13.8 Å². The van der Waals surface area contributed by atoms with Gasteiger partial charge in [-0.15, -0.1) is 0 Å². The molecule has 0 amide bonds. The fraction of sp³-hybridized carbons (Fsp3) is 0.455. The molecule has 0 aromatic heterocycles. The van der Waals surface area contributed by atoms with E-state index in [1.54, 1.807) is 0 Å². The summed E-state index contributed by atoms with van der Waals surface area (Å²) in [5.74, 6) is 2.85. The molecule has 1 aliphatic heterocycles. The van der Waals surface area contributed by atoms with Crippen LogP contribution in [0.2, 0.25) is 0 Å². The molecule has 0 N–H and O–H groups in total. The average Bonchev–Trinajstić information content (AvgIpc) is 2.68. The van der Waals surface area contributed by atoms with Gasteiger partial charge in [-0.1, -0.05) is 12.1 Å². The van der Waals surface area contributed by atoms with Gasteiger partial charge in [0.05, 0.1) is 26.4 Å². The smallest absolute Gasteiger partial charge is 0.161 e. The first kappa shape index (κ1) is 20.3. The Balaban J connectivity index is 1.60. The fourth-order valence-corrected chi connectivity index (χ4v) is 2.74. The maximum atomic E-state index is 5.83. The first-order valence-electron chi connectivity index (χ1n) is 9.60. The summed E-state index contributed by atoms with van der Waals surface area (Å²) in [5.41, 5.74) is 2.22. The molecule has 0 spiro atoms. The molecule has 6 nitrogen and oxygen atoms in total. The molecule has 1 aliphatic rings. The molecule has 0 saturated heterocycles. The van der Waals surface area contributed by atoms with Crippen molar-refractivity contribution in [3.8, 4) is 23.0 Å². The molecular formula is C22H28O6. The Morgan fingerprint density at radius 2 is 0.821 bits per heavy atom. The van der Waals surface area contributed by atoms with Crippen molar-refractivity contribution >= 4 is 0 Å². The van der Waals surface area contributed by atoms with Gasteiger partial charge in [0.1, 0.15) is 26.4 Å². The minimum Gasteiger partial charge on any atom is -0.487 e. The Hall–Kier alpha value is -2.44. The van der Waals surface area contributed by atoms with Crippen LogP contribution in [0.4, 0.5) is 0 Å². The molecular weight excluding hydrogens is 360 g/mol. The minimum atomic E-state index is 0.439. The normalized spacial score (nSPS) is 16.6. The van der Waals surface area contributed by atoms with E-state index >= 15 is 0 Å². The number of hydrogen-bond acceptors (Lipinski definition) is 6. The molecule has 6 heteroatoms. The van der Waals surface area contributed by atoms with E-state index in [2.05, 4.69) is 0 Å². The Bertz CT molecular complexity index is 682. The molecule has 0 saturated carbocycles. The van der Waals surface area contributed by atoms with Crippen molar-refractivity contribution in [2.24, 2.45) is 0 Å². The highest BCUT2D eigenvalue weighted by Gasteiger charge is 2.08. The van der Waals surface area contributed by atoms with Gasteiger partial charge in [0.15, 0.2) is 23.0 Å². The van der Waals surface area contributed by atoms with E-state index in [1.165, 1.54) is 0 Å². The fourth-order valence-electron chi connectivity index (χ4n) is 2.74. The van der Waals surface area contributed by atoms with Gasteiger partial charge in [-0.05, 0) is 49.2 Å². The van der Waals surface area contributed by atoms with Crippen LogP contribution in [0.15, 0.2) is 36.4 Å². The maximum absolute atomic E-state index is 5.83. The summed E-state index contributed by atoms with van der Waals surface area (Å²) in [6.07, 6.45) is 0. The number of aryl methyl sites for hydroxylation is 2. The molecule has 2 aromatic carbocycles. The predicted molar refractivity (Wildman–Crippen MR) is 106 cm³/mol. The summed E-state index contributed by atoms with van der Waals surface area (Å²) in [7, 11) is 0. The van der Waals surface area contributed by atoms with Gasteiger partial charge in [-0.2, -0.15) is 0 Å². The molecule has 0 radical (unpaired) electrons. The van der Waals surface area contributed by atoms with Gasteiger partial charge in [0, 0.05) is 0 Å². The molecule has 0 unspecified atom stereocenters. The number of ether oxygens (including phenoxy) is 6. The monoisotopic (exact) mass is 388 g/mol. The van der Waals surface area contributed by atoms with Crippen LogP contribution < -0.4 is 18.9 Å². The summed E-state index contributed by atoms with van der Waals surface area (Å²) in [4.78, 5) is 0. The number of hydrogen-bond donors (Lipinski definition) is 0. The third-order valence-electron chi connectivity index (χ3n) is 4.14. The Labute approximate surface area is 166 Å². The van der Waals surface area contributed by atoms with E-state index in [-0.39, 0.29) is 0 Å². The summed E-state index contributed by atoms with van der Waals surface area (Å²) in [5, 5.41) is 0. The van der Waals surface area contributed by atoms with Crippen molar-refractivity contribution in [1.82, 2.24) is 0 Å². The second-order valence-electron chi connectivity index (χ2n) is 6.52. The molecule has 152 valence electrons. The molecule has 0 aliphatic carbocycles. The lowest BCUT2D eigenvalue weighted by Crippen LogP contribution is -2.15. The van der Waals surface area contributed by atoms with Crippen LogP contribution in [0.25, 0.3) is 0 Å². The summed E-state index contributed by atoms with van der Waals surface area (Å²) in [6.45, 7) is 7.67. The predicted octanol–water partition coefficient (Wildman–Crippen LogP) is 3.57. The first-order chi connectivity index (χ1) is 13.7. The second-order valence-corrected chi connectivity index (χ2v) is 6.52. The quantitative estimate of drug-likeness (QED) is 0.688. The van der Waals surface area contributed by atoms with E-state index in [0.29, 0.717) is 75.9 Å². The van der Waals surface area contributed by atoms with Crippen molar-refractivity contribution in [2.75, 3.05) is 52.9 Å². The topological polar surface area (TPSA) is 55.4 Å². The zero-order chi connectivity index (χ0) is 19.6. The van der Waals surface area contributed by atoms with Crippen molar-refractivity contribution < 1.29 is 28.4 Å². The van der Waals surface area contributed by atoms with Gasteiger partial charge in [-0.3, -0.25) is 0 Å².